The van der Waals surface area contributed by atoms with Gasteiger partial charge in [-0.05, 0) is 55.8 Å². The van der Waals surface area contributed by atoms with Gasteiger partial charge in [-0.3, -0.25) is 0 Å². The first-order valence-electron chi connectivity index (χ1n) is 14.4. The van der Waals surface area contributed by atoms with Gasteiger partial charge < -0.3 is 14.4 Å². The lowest BCUT2D eigenvalue weighted by Crippen LogP contribution is -2.21. The summed E-state index contributed by atoms with van der Waals surface area (Å²) in [6.07, 6.45) is 10.6. The zero-order valence-corrected chi connectivity index (χ0v) is 24.2. The lowest BCUT2D eigenvalue weighted by molar-refractivity contribution is 0.414. The summed E-state index contributed by atoms with van der Waals surface area (Å²) in [7, 11) is 1.68. The van der Waals surface area contributed by atoms with Crippen LogP contribution in [0.5, 0.6) is 5.75 Å². The second-order valence-corrected chi connectivity index (χ2v) is 10.1. The van der Waals surface area contributed by atoms with E-state index in [0.29, 0.717) is 0 Å². The van der Waals surface area contributed by atoms with Crippen LogP contribution in [0.1, 0.15) is 30.5 Å². The topological polar surface area (TPSA) is 33.0 Å². The molecule has 208 valence electrons. The largest absolute Gasteiger partial charge is 0.496 e. The molecule has 0 bridgehead atoms. The van der Waals surface area contributed by atoms with Crippen molar-refractivity contribution in [2.24, 2.45) is 0 Å². The minimum absolute atomic E-state index is 0.766. The van der Waals surface area contributed by atoms with Gasteiger partial charge in [0.25, 0.3) is 0 Å². The molecule has 0 fully saturated rings. The molecule has 2 heterocycles. The molecule has 0 saturated carbocycles. The van der Waals surface area contributed by atoms with Crippen LogP contribution < -0.4 is 9.64 Å². The lowest BCUT2D eigenvalue weighted by atomic mass is 10.0. The molecular weight excluding hydrogens is 518 g/mol. The van der Waals surface area contributed by atoms with E-state index in [1.165, 1.54) is 0 Å². The highest BCUT2D eigenvalue weighted by molar-refractivity contribution is 6.02. The Balaban J connectivity index is 1.46. The molecule has 0 amide bonds. The smallest absolute Gasteiger partial charge is 0.365 e. The van der Waals surface area contributed by atoms with Crippen LogP contribution in [0.2, 0.25) is 0 Å². The predicted octanol–water partition coefficient (Wildman–Crippen LogP) is 9.77. The van der Waals surface area contributed by atoms with Crippen molar-refractivity contribution in [2.45, 2.75) is 13.8 Å². The highest BCUT2D eigenvalue weighted by Gasteiger charge is 2.20. The maximum atomic E-state index is 6.44. The average Bonchev–Trinajstić information content (AvgIpc) is 3.05. The fourth-order valence-corrected chi connectivity index (χ4v) is 5.35. The van der Waals surface area contributed by atoms with E-state index >= 15 is 0 Å². The lowest BCUT2D eigenvalue weighted by Gasteiger charge is -2.20. The number of rotatable bonds is 8. The molecule has 42 heavy (non-hydrogen) atoms. The Hall–Kier alpha value is -5.09. The number of nitrogens with zero attached hydrogens (tertiary/aromatic N) is 1. The predicted molar refractivity (Wildman–Crippen MR) is 175 cm³/mol. The molecule has 4 nitrogen and oxygen atoms in total. The maximum absolute atomic E-state index is 6.44. The van der Waals surface area contributed by atoms with Crippen molar-refractivity contribution in [1.82, 2.24) is 0 Å². The van der Waals surface area contributed by atoms with Crippen molar-refractivity contribution in [3.05, 3.63) is 144 Å². The third kappa shape index (κ3) is 5.57. The molecule has 4 heteroatoms. The first-order valence-corrected chi connectivity index (χ1v) is 14.4. The Labute approximate surface area is 247 Å². The third-order valence-electron chi connectivity index (χ3n) is 7.57. The summed E-state index contributed by atoms with van der Waals surface area (Å²) in [5.41, 5.74) is 7.00. The van der Waals surface area contributed by atoms with Crippen LogP contribution in [0.4, 0.5) is 5.69 Å². The van der Waals surface area contributed by atoms with Crippen molar-refractivity contribution in [2.75, 3.05) is 25.1 Å². The molecular formula is C38H34NO3+. The van der Waals surface area contributed by atoms with E-state index in [4.69, 9.17) is 13.9 Å². The second-order valence-electron chi connectivity index (χ2n) is 10.1. The molecule has 0 saturated heterocycles. The average molecular weight is 553 g/mol. The van der Waals surface area contributed by atoms with E-state index in [9.17, 15) is 0 Å². The van der Waals surface area contributed by atoms with E-state index in [1.807, 2.05) is 48.5 Å². The van der Waals surface area contributed by atoms with E-state index in [1.54, 1.807) is 7.11 Å². The molecule has 0 N–H and O–H groups in total. The normalized spacial score (nSPS) is 13.2. The molecule has 1 aromatic heterocycles. The van der Waals surface area contributed by atoms with Gasteiger partial charge in [-0.25, -0.2) is 4.42 Å². The maximum Gasteiger partial charge on any atom is 0.365 e. The first-order chi connectivity index (χ1) is 20.7. The summed E-state index contributed by atoms with van der Waals surface area (Å²) >= 11 is 0. The Morgan fingerprint density at radius 3 is 1.93 bits per heavy atom. The van der Waals surface area contributed by atoms with E-state index in [2.05, 4.69) is 97.7 Å². The van der Waals surface area contributed by atoms with E-state index < -0.39 is 0 Å². The molecule has 1 aliphatic rings. The molecule has 0 unspecified atom stereocenters. The Morgan fingerprint density at radius 2 is 1.33 bits per heavy atom. The van der Waals surface area contributed by atoms with Crippen molar-refractivity contribution in [1.29, 1.82) is 0 Å². The van der Waals surface area contributed by atoms with Crippen LogP contribution in [0.3, 0.4) is 0 Å². The van der Waals surface area contributed by atoms with Gasteiger partial charge in [0, 0.05) is 35.5 Å². The van der Waals surface area contributed by atoms with Crippen LogP contribution in [-0.2, 0) is 4.74 Å². The van der Waals surface area contributed by atoms with Crippen LogP contribution in [0.25, 0.3) is 39.5 Å². The molecule has 6 rings (SSSR count). The molecule has 0 spiro atoms. The minimum atomic E-state index is 0.766. The fraction of sp³-hybridized carbons (Fsp3) is 0.132. The Morgan fingerprint density at radius 1 is 0.738 bits per heavy atom. The molecule has 5 aromatic rings. The van der Waals surface area contributed by atoms with Gasteiger partial charge in [0.1, 0.15) is 17.3 Å². The number of anilines is 1. The van der Waals surface area contributed by atoms with Gasteiger partial charge in [0.05, 0.1) is 30.0 Å². The molecule has 0 aliphatic carbocycles. The summed E-state index contributed by atoms with van der Waals surface area (Å²) in [5.74, 6) is 2.41. The van der Waals surface area contributed by atoms with E-state index in [-0.39, 0.29) is 0 Å². The zero-order valence-electron chi connectivity index (χ0n) is 24.2. The quantitative estimate of drug-likeness (QED) is 0.142. The summed E-state index contributed by atoms with van der Waals surface area (Å²) in [4.78, 5) is 2.32. The summed E-state index contributed by atoms with van der Waals surface area (Å²) in [6, 6.07) is 32.9. The number of methoxy groups -OCH3 is 1. The van der Waals surface area contributed by atoms with Crippen LogP contribution in [-0.4, -0.2) is 20.2 Å². The number of hydrogen-bond donors (Lipinski definition) is 0. The van der Waals surface area contributed by atoms with Crippen LogP contribution in [0, 0.1) is 0 Å². The van der Waals surface area contributed by atoms with Crippen molar-refractivity contribution >= 4 is 45.2 Å². The number of benzene rings is 4. The first kappa shape index (κ1) is 27.1. The van der Waals surface area contributed by atoms with Gasteiger partial charge in [0.15, 0.2) is 0 Å². The third-order valence-corrected chi connectivity index (χ3v) is 7.57. The summed E-state index contributed by atoms with van der Waals surface area (Å²) in [5, 5.41) is 2.09. The van der Waals surface area contributed by atoms with Crippen LogP contribution in [0.15, 0.2) is 131 Å². The summed E-state index contributed by atoms with van der Waals surface area (Å²) < 4.78 is 18.3. The van der Waals surface area contributed by atoms with E-state index in [0.717, 1.165) is 80.2 Å². The van der Waals surface area contributed by atoms with Crippen molar-refractivity contribution < 1.29 is 13.9 Å². The SMILES string of the molecule is CCN(CC)c1ccc2c(/C=C/C=C3C=C(c4ccccc4)OC(c4ccccc4)=C3)c3ccc(OC)cc3[o+]c2c1. The fourth-order valence-electron chi connectivity index (χ4n) is 5.35. The van der Waals surface area contributed by atoms with Gasteiger partial charge in [-0.2, -0.15) is 0 Å². The molecule has 4 aromatic carbocycles. The van der Waals surface area contributed by atoms with Gasteiger partial charge in [-0.15, -0.1) is 0 Å². The van der Waals surface area contributed by atoms with Gasteiger partial charge >= 0.3 is 11.2 Å². The van der Waals surface area contributed by atoms with Crippen LogP contribution >= 0.6 is 0 Å². The Kier molecular flexibility index (Phi) is 7.87. The number of hydrogen-bond acceptors (Lipinski definition) is 3. The zero-order chi connectivity index (χ0) is 28.9. The van der Waals surface area contributed by atoms with Crippen molar-refractivity contribution in [3.8, 4) is 5.75 Å². The second kappa shape index (κ2) is 12.2. The monoisotopic (exact) mass is 552 g/mol. The standard InChI is InChI=1S/C38H34NO3/c1-4-39(5-2)30-19-21-33-32(34-22-20-31(40-3)26-38(34)42-37(33)25-30)18-12-13-27-23-35(28-14-8-6-9-15-28)41-36(24-27)29-16-10-7-11-17-29/h6-26H,4-5H2,1-3H3/q+1. The highest BCUT2D eigenvalue weighted by atomic mass is 16.5. The number of allylic oxidation sites excluding steroid dienone is 5. The molecule has 0 atom stereocenters. The van der Waals surface area contributed by atoms with Crippen molar-refractivity contribution in [3.63, 3.8) is 0 Å². The number of ether oxygens (including phenoxy) is 2. The molecule has 1 aliphatic heterocycles. The number of fused-ring (bicyclic) bond motifs is 2. The molecule has 0 radical (unpaired) electrons. The minimum Gasteiger partial charge on any atom is -0.496 e. The van der Waals surface area contributed by atoms with Gasteiger partial charge in [-0.1, -0.05) is 78.9 Å². The highest BCUT2D eigenvalue weighted by Crippen LogP contribution is 2.35. The van der Waals surface area contributed by atoms with Gasteiger partial charge in [0.2, 0.25) is 0 Å². The Bertz CT molecular complexity index is 1790. The summed E-state index contributed by atoms with van der Waals surface area (Å²) in [6.45, 7) is 6.21.